The van der Waals surface area contributed by atoms with Crippen molar-refractivity contribution >= 4 is 33.2 Å². The second-order valence-electron chi connectivity index (χ2n) is 6.23. The summed E-state index contributed by atoms with van der Waals surface area (Å²) in [5, 5.41) is 3.22. The van der Waals surface area contributed by atoms with E-state index >= 15 is 0 Å². The topological polar surface area (TPSA) is 97.4 Å². The first-order chi connectivity index (χ1) is 14.4. The Bertz CT molecular complexity index is 1120. The Morgan fingerprint density at radius 1 is 1.07 bits per heavy atom. The van der Waals surface area contributed by atoms with Gasteiger partial charge in [0, 0.05) is 29.5 Å². The van der Waals surface area contributed by atoms with Crippen LogP contribution in [-0.4, -0.2) is 25.9 Å². The number of amides is 1. The summed E-state index contributed by atoms with van der Waals surface area (Å²) in [6, 6.07) is 14.1. The first kappa shape index (κ1) is 21.8. The van der Waals surface area contributed by atoms with E-state index in [9.17, 15) is 13.2 Å². The van der Waals surface area contributed by atoms with E-state index in [0.717, 1.165) is 5.56 Å². The van der Waals surface area contributed by atoms with E-state index < -0.39 is 15.9 Å². The zero-order chi connectivity index (χ0) is 21.6. The highest BCUT2D eigenvalue weighted by Crippen LogP contribution is 2.28. The Balaban J connectivity index is 1.84. The van der Waals surface area contributed by atoms with Gasteiger partial charge >= 0.3 is 0 Å². The SMILES string of the molecule is CCOc1ccc(S(=O)(=O)NCc2ccncc2)cc1NC(=O)c1ccc(Cl)cc1. The zero-order valence-corrected chi connectivity index (χ0v) is 17.7. The van der Waals surface area contributed by atoms with Crippen molar-refractivity contribution in [3.63, 3.8) is 0 Å². The number of nitrogens with zero attached hydrogens (tertiary/aromatic N) is 1. The molecule has 0 aliphatic rings. The maximum absolute atomic E-state index is 12.7. The number of hydrogen-bond donors (Lipinski definition) is 2. The van der Waals surface area contributed by atoms with Crippen LogP contribution in [0.1, 0.15) is 22.8 Å². The standard InChI is InChI=1S/C21H20ClN3O4S/c1-2-29-20-8-7-18(30(27,28)24-14-15-9-11-23-12-10-15)13-19(20)25-21(26)16-3-5-17(22)6-4-16/h3-13,24H,2,14H2,1H3,(H,25,26). The molecular weight excluding hydrogens is 426 g/mol. The van der Waals surface area contributed by atoms with Gasteiger partial charge in [-0.25, -0.2) is 13.1 Å². The number of pyridine rings is 1. The minimum Gasteiger partial charge on any atom is -0.492 e. The van der Waals surface area contributed by atoms with E-state index in [1.165, 1.54) is 18.2 Å². The van der Waals surface area contributed by atoms with Crippen LogP contribution in [0.2, 0.25) is 5.02 Å². The molecule has 9 heteroatoms. The number of hydrogen-bond acceptors (Lipinski definition) is 5. The first-order valence-corrected chi connectivity index (χ1v) is 11.0. The highest BCUT2D eigenvalue weighted by atomic mass is 35.5. The summed E-state index contributed by atoms with van der Waals surface area (Å²) in [4.78, 5) is 16.5. The quantitative estimate of drug-likeness (QED) is 0.548. The van der Waals surface area contributed by atoms with E-state index in [1.807, 2.05) is 0 Å². The van der Waals surface area contributed by atoms with Gasteiger partial charge in [0.1, 0.15) is 5.75 Å². The van der Waals surface area contributed by atoms with E-state index in [0.29, 0.717) is 22.9 Å². The predicted molar refractivity (Wildman–Crippen MR) is 115 cm³/mol. The van der Waals surface area contributed by atoms with Crippen molar-refractivity contribution in [3.05, 3.63) is 83.1 Å². The van der Waals surface area contributed by atoms with E-state index in [4.69, 9.17) is 16.3 Å². The molecule has 0 unspecified atom stereocenters. The summed E-state index contributed by atoms with van der Waals surface area (Å²) >= 11 is 5.86. The van der Waals surface area contributed by atoms with Crippen LogP contribution in [0.5, 0.6) is 5.75 Å². The minimum absolute atomic E-state index is 0.00594. The first-order valence-electron chi connectivity index (χ1n) is 9.11. The minimum atomic E-state index is -3.81. The summed E-state index contributed by atoms with van der Waals surface area (Å²) in [5.74, 6) is -0.0418. The summed E-state index contributed by atoms with van der Waals surface area (Å²) in [6.45, 7) is 2.27. The molecule has 0 bridgehead atoms. The van der Waals surface area contributed by atoms with Crippen LogP contribution >= 0.6 is 11.6 Å². The highest BCUT2D eigenvalue weighted by Gasteiger charge is 2.18. The molecule has 0 radical (unpaired) electrons. The Hall–Kier alpha value is -2.94. The molecular formula is C21H20ClN3O4S. The summed E-state index contributed by atoms with van der Waals surface area (Å²) in [7, 11) is -3.81. The van der Waals surface area contributed by atoms with E-state index in [-0.39, 0.29) is 17.1 Å². The Labute approximate surface area is 180 Å². The van der Waals surface area contributed by atoms with Crippen LogP contribution in [0.25, 0.3) is 0 Å². The molecule has 1 aromatic heterocycles. The van der Waals surface area contributed by atoms with Crippen molar-refractivity contribution < 1.29 is 17.9 Å². The van der Waals surface area contributed by atoms with Crippen molar-refractivity contribution in [1.82, 2.24) is 9.71 Å². The maximum Gasteiger partial charge on any atom is 0.255 e. The number of ether oxygens (including phenoxy) is 1. The van der Waals surface area contributed by atoms with Crippen molar-refractivity contribution in [2.45, 2.75) is 18.4 Å². The third-order valence-electron chi connectivity index (χ3n) is 4.13. The third-order valence-corrected chi connectivity index (χ3v) is 5.78. The molecule has 0 atom stereocenters. The Morgan fingerprint density at radius 2 is 1.77 bits per heavy atom. The number of halogens is 1. The van der Waals surface area contributed by atoms with E-state index in [1.54, 1.807) is 55.7 Å². The predicted octanol–water partition coefficient (Wildman–Crippen LogP) is 3.86. The maximum atomic E-state index is 12.7. The fraction of sp³-hybridized carbons (Fsp3) is 0.143. The van der Waals surface area contributed by atoms with Crippen molar-refractivity contribution in [2.75, 3.05) is 11.9 Å². The van der Waals surface area contributed by atoms with Crippen LogP contribution in [0.15, 0.2) is 71.9 Å². The van der Waals surface area contributed by atoms with Crippen LogP contribution in [0, 0.1) is 0 Å². The van der Waals surface area contributed by atoms with Crippen LogP contribution < -0.4 is 14.8 Å². The second kappa shape index (κ2) is 9.71. The van der Waals surface area contributed by atoms with Gasteiger partial charge in [0.25, 0.3) is 5.91 Å². The summed E-state index contributed by atoms with van der Waals surface area (Å²) < 4.78 is 33.5. The number of aromatic nitrogens is 1. The smallest absolute Gasteiger partial charge is 0.255 e. The average molecular weight is 446 g/mol. The number of rotatable bonds is 8. The molecule has 156 valence electrons. The van der Waals surface area contributed by atoms with E-state index in [2.05, 4.69) is 15.0 Å². The molecule has 0 saturated heterocycles. The van der Waals surface area contributed by atoms with Gasteiger partial charge in [0.05, 0.1) is 17.2 Å². The van der Waals surface area contributed by atoms with Crippen molar-refractivity contribution in [2.24, 2.45) is 0 Å². The van der Waals surface area contributed by atoms with Crippen LogP contribution in [0.4, 0.5) is 5.69 Å². The number of carbonyl (C=O) groups is 1. The van der Waals surface area contributed by atoms with Crippen molar-refractivity contribution in [3.8, 4) is 5.75 Å². The lowest BCUT2D eigenvalue weighted by atomic mass is 10.2. The van der Waals surface area contributed by atoms with Crippen LogP contribution in [-0.2, 0) is 16.6 Å². The van der Waals surface area contributed by atoms with Gasteiger partial charge in [-0.2, -0.15) is 0 Å². The molecule has 3 rings (SSSR count). The van der Waals surface area contributed by atoms with Gasteiger partial charge in [0.2, 0.25) is 10.0 Å². The average Bonchev–Trinajstić information content (AvgIpc) is 2.75. The Morgan fingerprint density at radius 3 is 2.43 bits per heavy atom. The van der Waals surface area contributed by atoms with Gasteiger partial charge in [-0.15, -0.1) is 0 Å². The molecule has 0 saturated carbocycles. The molecule has 0 aliphatic heterocycles. The second-order valence-corrected chi connectivity index (χ2v) is 8.44. The molecule has 30 heavy (non-hydrogen) atoms. The molecule has 3 aromatic rings. The number of nitrogens with one attached hydrogen (secondary N) is 2. The monoisotopic (exact) mass is 445 g/mol. The highest BCUT2D eigenvalue weighted by molar-refractivity contribution is 7.89. The molecule has 2 N–H and O–H groups in total. The van der Waals surface area contributed by atoms with Crippen LogP contribution in [0.3, 0.4) is 0 Å². The number of anilines is 1. The van der Waals surface area contributed by atoms with Gasteiger partial charge in [-0.3, -0.25) is 9.78 Å². The number of sulfonamides is 1. The molecule has 7 nitrogen and oxygen atoms in total. The fourth-order valence-corrected chi connectivity index (χ4v) is 3.78. The van der Waals surface area contributed by atoms with Gasteiger partial charge in [0.15, 0.2) is 0 Å². The molecule has 0 aliphatic carbocycles. The molecule has 0 spiro atoms. The molecule has 2 aromatic carbocycles. The largest absolute Gasteiger partial charge is 0.492 e. The lowest BCUT2D eigenvalue weighted by Crippen LogP contribution is -2.23. The summed E-state index contributed by atoms with van der Waals surface area (Å²) in [5.41, 5.74) is 1.41. The van der Waals surface area contributed by atoms with Gasteiger partial charge < -0.3 is 10.1 Å². The lowest BCUT2D eigenvalue weighted by molar-refractivity contribution is 0.102. The van der Waals surface area contributed by atoms with Gasteiger partial charge in [-0.1, -0.05) is 11.6 Å². The molecule has 1 amide bonds. The van der Waals surface area contributed by atoms with Crippen molar-refractivity contribution in [1.29, 1.82) is 0 Å². The summed E-state index contributed by atoms with van der Waals surface area (Å²) in [6.07, 6.45) is 3.18. The Kier molecular flexibility index (Phi) is 7.04. The number of carbonyl (C=O) groups excluding carboxylic acids is 1. The molecule has 0 fully saturated rings. The fourth-order valence-electron chi connectivity index (χ4n) is 2.61. The zero-order valence-electron chi connectivity index (χ0n) is 16.1. The normalized spacial score (nSPS) is 11.1. The lowest BCUT2D eigenvalue weighted by Gasteiger charge is -2.14. The third kappa shape index (κ3) is 5.56. The van der Waals surface area contributed by atoms with Gasteiger partial charge in [-0.05, 0) is 67.1 Å². The molecule has 1 heterocycles. The number of benzene rings is 2.